The number of hydrogen-bond acceptors (Lipinski definition) is 6. The normalized spacial score (nSPS) is 11.8. The number of aryl methyl sites for hydroxylation is 1. The molecule has 2 amide bonds. The number of methoxy groups -OCH3 is 2. The maximum Gasteiger partial charge on any atom is 0.264 e. The highest BCUT2D eigenvalue weighted by molar-refractivity contribution is 7.92. The van der Waals surface area contributed by atoms with E-state index in [4.69, 9.17) is 21.1 Å². The number of anilines is 1. The third kappa shape index (κ3) is 8.38. The van der Waals surface area contributed by atoms with Gasteiger partial charge in [0.25, 0.3) is 10.0 Å². The van der Waals surface area contributed by atoms with Crippen molar-refractivity contribution in [3.63, 3.8) is 0 Å². The molecule has 0 heterocycles. The molecule has 0 radical (unpaired) electrons. The summed E-state index contributed by atoms with van der Waals surface area (Å²) in [6, 6.07) is 26.4. The van der Waals surface area contributed by atoms with Crippen molar-refractivity contribution >= 4 is 39.1 Å². The van der Waals surface area contributed by atoms with Gasteiger partial charge in [-0.15, -0.1) is 0 Å². The Balaban J connectivity index is 1.83. The molecule has 1 N–H and O–H groups in total. The third-order valence-corrected chi connectivity index (χ3v) is 9.43. The second kappa shape index (κ2) is 15.6. The predicted molar refractivity (Wildman–Crippen MR) is 180 cm³/mol. The van der Waals surface area contributed by atoms with Gasteiger partial charge in [0.1, 0.15) is 12.6 Å². The van der Waals surface area contributed by atoms with Crippen LogP contribution in [0.3, 0.4) is 0 Å². The van der Waals surface area contributed by atoms with Crippen molar-refractivity contribution < 1.29 is 27.5 Å². The quantitative estimate of drug-likeness (QED) is 0.187. The van der Waals surface area contributed by atoms with Gasteiger partial charge in [0.15, 0.2) is 11.5 Å². The Bertz CT molecular complexity index is 1750. The molecule has 0 aliphatic heterocycles. The van der Waals surface area contributed by atoms with E-state index >= 15 is 0 Å². The zero-order chi connectivity index (χ0) is 33.3. The minimum Gasteiger partial charge on any atom is -0.493 e. The van der Waals surface area contributed by atoms with Crippen LogP contribution in [0.1, 0.15) is 23.6 Å². The first-order chi connectivity index (χ1) is 22.1. The predicted octanol–water partition coefficient (Wildman–Crippen LogP) is 5.64. The molecular formula is C35H38ClN3O6S. The molecule has 1 atom stereocenters. The summed E-state index contributed by atoms with van der Waals surface area (Å²) < 4.78 is 40.3. The number of sulfonamides is 1. The van der Waals surface area contributed by atoms with Gasteiger partial charge in [-0.3, -0.25) is 13.9 Å². The molecule has 4 rings (SSSR count). The van der Waals surface area contributed by atoms with Crippen LogP contribution in [0, 0.1) is 6.92 Å². The summed E-state index contributed by atoms with van der Waals surface area (Å²) in [4.78, 5) is 29.6. The van der Waals surface area contributed by atoms with Crippen LogP contribution in [0.25, 0.3) is 0 Å². The summed E-state index contributed by atoms with van der Waals surface area (Å²) in [5, 5.41) is 3.32. The molecule has 11 heteroatoms. The number of amides is 2. The summed E-state index contributed by atoms with van der Waals surface area (Å²) >= 11 is 6.29. The van der Waals surface area contributed by atoms with Gasteiger partial charge < -0.3 is 19.7 Å². The number of halogens is 1. The second-order valence-electron chi connectivity index (χ2n) is 10.6. The summed E-state index contributed by atoms with van der Waals surface area (Å²) in [5.41, 5.74) is 2.59. The lowest BCUT2D eigenvalue weighted by molar-refractivity contribution is -0.140. The number of rotatable bonds is 14. The molecule has 242 valence electrons. The van der Waals surface area contributed by atoms with Gasteiger partial charge in [-0.2, -0.15) is 0 Å². The number of carbonyl (C=O) groups excluding carboxylic acids is 2. The molecule has 0 aliphatic carbocycles. The SMILES string of the molecule is CCNC(=O)[C@H](Cc1ccccc1)N(Cc1cccc(Cl)c1)C(=O)CN(c1ccc(OC)c(OC)c1)S(=O)(=O)c1ccc(C)cc1. The smallest absolute Gasteiger partial charge is 0.264 e. The third-order valence-electron chi connectivity index (χ3n) is 7.41. The molecule has 4 aromatic carbocycles. The monoisotopic (exact) mass is 663 g/mol. The Kier molecular flexibility index (Phi) is 11.7. The summed E-state index contributed by atoms with van der Waals surface area (Å²) in [6.45, 7) is 3.42. The van der Waals surface area contributed by atoms with Crippen molar-refractivity contribution in [2.24, 2.45) is 0 Å². The van der Waals surface area contributed by atoms with E-state index in [-0.39, 0.29) is 35.2 Å². The Morgan fingerprint density at radius 2 is 1.52 bits per heavy atom. The summed E-state index contributed by atoms with van der Waals surface area (Å²) in [7, 11) is -1.35. The highest BCUT2D eigenvalue weighted by Gasteiger charge is 2.35. The second-order valence-corrected chi connectivity index (χ2v) is 12.9. The van der Waals surface area contributed by atoms with Crippen LogP contribution in [0.2, 0.25) is 5.02 Å². The molecule has 9 nitrogen and oxygen atoms in total. The lowest BCUT2D eigenvalue weighted by Gasteiger charge is -2.34. The van der Waals surface area contributed by atoms with E-state index in [1.54, 1.807) is 55.5 Å². The van der Waals surface area contributed by atoms with Crippen LogP contribution in [-0.4, -0.2) is 58.5 Å². The van der Waals surface area contributed by atoms with Crippen molar-refractivity contribution in [3.05, 3.63) is 119 Å². The molecule has 0 saturated heterocycles. The first-order valence-corrected chi connectivity index (χ1v) is 16.6. The summed E-state index contributed by atoms with van der Waals surface area (Å²) in [5.74, 6) is -0.262. The first kappa shape index (κ1) is 34.3. The van der Waals surface area contributed by atoms with E-state index in [0.29, 0.717) is 22.9 Å². The van der Waals surface area contributed by atoms with Crippen LogP contribution < -0.4 is 19.1 Å². The van der Waals surface area contributed by atoms with Gasteiger partial charge in [-0.05, 0) is 61.4 Å². The van der Waals surface area contributed by atoms with Crippen molar-refractivity contribution in [1.29, 1.82) is 0 Å². The topological polar surface area (TPSA) is 105 Å². The largest absolute Gasteiger partial charge is 0.493 e. The number of carbonyl (C=O) groups is 2. The molecule has 4 aromatic rings. The lowest BCUT2D eigenvalue weighted by Crippen LogP contribution is -2.53. The van der Waals surface area contributed by atoms with Crippen molar-refractivity contribution in [1.82, 2.24) is 10.2 Å². The number of hydrogen-bond donors (Lipinski definition) is 1. The van der Waals surface area contributed by atoms with Crippen LogP contribution in [0.4, 0.5) is 5.69 Å². The van der Waals surface area contributed by atoms with Crippen LogP contribution >= 0.6 is 11.6 Å². The lowest BCUT2D eigenvalue weighted by atomic mass is 10.0. The van der Waals surface area contributed by atoms with Crippen molar-refractivity contribution in [2.45, 2.75) is 37.8 Å². The fraction of sp³-hybridized carbons (Fsp3) is 0.257. The standard InChI is InChI=1S/C35H38ClN3O6S/c1-5-37-35(41)31(21-26-10-7-6-8-11-26)38(23-27-12-9-13-28(36)20-27)34(40)24-39(29-16-19-32(44-3)33(22-29)45-4)46(42,43)30-17-14-25(2)15-18-30/h6-20,22,31H,5,21,23-24H2,1-4H3,(H,37,41)/t31-/m0/s1. The summed E-state index contributed by atoms with van der Waals surface area (Å²) in [6.07, 6.45) is 0.208. The molecule has 0 bridgehead atoms. The zero-order valence-corrected chi connectivity index (χ0v) is 27.8. The fourth-order valence-electron chi connectivity index (χ4n) is 5.02. The van der Waals surface area contributed by atoms with E-state index in [0.717, 1.165) is 15.4 Å². The molecule has 46 heavy (non-hydrogen) atoms. The van der Waals surface area contributed by atoms with E-state index < -0.39 is 28.5 Å². The van der Waals surface area contributed by atoms with Crippen molar-refractivity contribution in [3.8, 4) is 11.5 Å². The molecule has 0 saturated carbocycles. The average Bonchev–Trinajstić information content (AvgIpc) is 3.05. The number of nitrogens with one attached hydrogen (secondary N) is 1. The molecule has 0 spiro atoms. The first-order valence-electron chi connectivity index (χ1n) is 14.7. The molecule has 0 fully saturated rings. The number of nitrogens with zero attached hydrogens (tertiary/aromatic N) is 2. The van der Waals surface area contributed by atoms with E-state index in [2.05, 4.69) is 5.32 Å². The van der Waals surface area contributed by atoms with Gasteiger partial charge in [-0.25, -0.2) is 8.42 Å². The average molecular weight is 664 g/mol. The highest BCUT2D eigenvalue weighted by atomic mass is 35.5. The van der Waals surface area contributed by atoms with Crippen molar-refractivity contribution in [2.75, 3.05) is 31.6 Å². The minimum atomic E-state index is -4.27. The van der Waals surface area contributed by atoms with Gasteiger partial charge in [0.2, 0.25) is 11.8 Å². The number of benzene rings is 4. The molecule has 0 aromatic heterocycles. The fourth-order valence-corrected chi connectivity index (χ4v) is 6.64. The Labute approximate surface area is 275 Å². The van der Waals surface area contributed by atoms with E-state index in [9.17, 15) is 18.0 Å². The minimum absolute atomic E-state index is 0.00615. The van der Waals surface area contributed by atoms with E-state index in [1.165, 1.54) is 37.3 Å². The van der Waals surface area contributed by atoms with Gasteiger partial charge >= 0.3 is 0 Å². The maximum absolute atomic E-state index is 14.5. The Hall–Kier alpha value is -4.54. The van der Waals surface area contributed by atoms with Crippen LogP contribution in [-0.2, 0) is 32.6 Å². The molecule has 0 unspecified atom stereocenters. The Morgan fingerprint density at radius 1 is 0.848 bits per heavy atom. The molecular weight excluding hydrogens is 626 g/mol. The van der Waals surface area contributed by atoms with Crippen LogP contribution in [0.15, 0.2) is 102 Å². The van der Waals surface area contributed by atoms with Crippen LogP contribution in [0.5, 0.6) is 11.5 Å². The highest BCUT2D eigenvalue weighted by Crippen LogP contribution is 2.34. The van der Waals surface area contributed by atoms with Gasteiger partial charge in [0, 0.05) is 30.6 Å². The maximum atomic E-state index is 14.5. The van der Waals surface area contributed by atoms with Gasteiger partial charge in [0.05, 0.1) is 24.8 Å². The Morgan fingerprint density at radius 3 is 2.15 bits per heavy atom. The molecule has 0 aliphatic rings. The number of likely N-dealkylation sites (N-methyl/N-ethyl adjacent to an activating group) is 1. The zero-order valence-electron chi connectivity index (χ0n) is 26.3. The van der Waals surface area contributed by atoms with Gasteiger partial charge in [-0.1, -0.05) is 71.8 Å². The van der Waals surface area contributed by atoms with E-state index in [1.807, 2.05) is 37.3 Å². The number of ether oxygens (including phenoxy) is 2.